The van der Waals surface area contributed by atoms with Gasteiger partial charge in [0.25, 0.3) is 0 Å². The van der Waals surface area contributed by atoms with Gasteiger partial charge in [0.15, 0.2) is 0 Å². The van der Waals surface area contributed by atoms with Crippen molar-refractivity contribution in [3.8, 4) is 0 Å². The Morgan fingerprint density at radius 1 is 1.26 bits per heavy atom. The third-order valence-corrected chi connectivity index (χ3v) is 5.36. The van der Waals surface area contributed by atoms with E-state index in [0.717, 1.165) is 37.3 Å². The Hall–Kier alpha value is -0.570. The Labute approximate surface area is 116 Å². The van der Waals surface area contributed by atoms with Gasteiger partial charge in [0.2, 0.25) is 5.91 Å². The fourth-order valence-electron chi connectivity index (χ4n) is 3.75. The van der Waals surface area contributed by atoms with Crippen molar-refractivity contribution < 1.29 is 4.79 Å². The lowest BCUT2D eigenvalue weighted by atomic mass is 9.77. The zero-order valence-electron chi connectivity index (χ0n) is 12.4. The molecule has 1 unspecified atom stereocenters. The zero-order chi connectivity index (χ0) is 13.5. The third-order valence-electron chi connectivity index (χ3n) is 5.36. The molecular weight excluding hydrogens is 236 g/mol. The van der Waals surface area contributed by atoms with Crippen LogP contribution >= 0.6 is 0 Å². The first kappa shape index (κ1) is 13.4. The van der Waals surface area contributed by atoms with Crippen molar-refractivity contribution in [2.75, 3.05) is 13.1 Å². The number of amides is 1. The van der Waals surface area contributed by atoms with E-state index in [2.05, 4.69) is 24.5 Å². The largest absolute Gasteiger partial charge is 0.354 e. The predicted octanol–water partition coefficient (Wildman–Crippen LogP) is 2.32. The van der Waals surface area contributed by atoms with E-state index in [1.165, 1.54) is 32.1 Å². The number of piperidine rings is 1. The maximum Gasteiger partial charge on any atom is 0.237 e. The zero-order valence-corrected chi connectivity index (χ0v) is 12.4. The van der Waals surface area contributed by atoms with Gasteiger partial charge >= 0.3 is 0 Å². The lowest BCUT2D eigenvalue weighted by Crippen LogP contribution is -2.56. The number of carbonyl (C=O) groups is 1. The molecule has 0 spiro atoms. The fourth-order valence-corrected chi connectivity index (χ4v) is 3.75. The Morgan fingerprint density at radius 2 is 1.89 bits per heavy atom. The molecule has 2 saturated carbocycles. The molecule has 1 saturated heterocycles. The van der Waals surface area contributed by atoms with Crippen molar-refractivity contribution in [2.45, 2.75) is 58.4 Å². The molecule has 3 aliphatic rings. The number of rotatable bonds is 5. The van der Waals surface area contributed by atoms with Gasteiger partial charge in [-0.25, -0.2) is 0 Å². The highest BCUT2D eigenvalue weighted by atomic mass is 16.2. The molecule has 1 amide bonds. The Morgan fingerprint density at radius 3 is 2.42 bits per heavy atom. The summed E-state index contributed by atoms with van der Waals surface area (Å²) in [6.07, 6.45) is 7.90. The summed E-state index contributed by atoms with van der Waals surface area (Å²) in [5, 5.41) is 6.66. The molecule has 108 valence electrons. The number of carbonyl (C=O) groups excluding carboxylic acids is 1. The molecule has 0 aromatic heterocycles. The second-order valence-corrected chi connectivity index (χ2v) is 7.56. The van der Waals surface area contributed by atoms with Gasteiger partial charge in [0.1, 0.15) is 0 Å². The second-order valence-electron chi connectivity index (χ2n) is 7.56. The van der Waals surface area contributed by atoms with Gasteiger partial charge in [0, 0.05) is 6.54 Å². The van der Waals surface area contributed by atoms with E-state index >= 15 is 0 Å². The van der Waals surface area contributed by atoms with Gasteiger partial charge < -0.3 is 10.6 Å². The van der Waals surface area contributed by atoms with Crippen LogP contribution < -0.4 is 10.6 Å². The smallest absolute Gasteiger partial charge is 0.237 e. The van der Waals surface area contributed by atoms with Crippen molar-refractivity contribution in [1.29, 1.82) is 0 Å². The highest BCUT2D eigenvalue weighted by molar-refractivity contribution is 5.82. The molecule has 3 heteroatoms. The lowest BCUT2D eigenvalue weighted by molar-refractivity contribution is -0.127. The molecule has 1 atom stereocenters. The van der Waals surface area contributed by atoms with Crippen LogP contribution in [0, 0.1) is 23.2 Å². The molecule has 0 aromatic carbocycles. The quantitative estimate of drug-likeness (QED) is 0.800. The second kappa shape index (κ2) is 5.08. The molecule has 3 rings (SSSR count). The molecule has 3 fully saturated rings. The highest BCUT2D eigenvalue weighted by Gasteiger charge is 2.42. The first-order valence-corrected chi connectivity index (χ1v) is 8.09. The number of nitrogens with one attached hydrogen (secondary N) is 2. The maximum absolute atomic E-state index is 12.4. The number of hydrogen-bond acceptors (Lipinski definition) is 2. The molecule has 2 aliphatic carbocycles. The van der Waals surface area contributed by atoms with E-state index in [4.69, 9.17) is 0 Å². The molecule has 2 N–H and O–H groups in total. The summed E-state index contributed by atoms with van der Waals surface area (Å²) in [4.78, 5) is 12.4. The van der Waals surface area contributed by atoms with Gasteiger partial charge in [-0.05, 0) is 68.2 Å². The van der Waals surface area contributed by atoms with Crippen LogP contribution in [0.3, 0.4) is 0 Å². The summed E-state index contributed by atoms with van der Waals surface area (Å²) in [5.74, 6) is 2.84. The van der Waals surface area contributed by atoms with Crippen molar-refractivity contribution in [1.82, 2.24) is 10.6 Å². The summed E-state index contributed by atoms with van der Waals surface area (Å²) >= 11 is 0. The SMILES string of the molecule is CC1(C)CCCNC1C(=O)NCC(C1CC1)C1CC1. The molecule has 0 bridgehead atoms. The van der Waals surface area contributed by atoms with Gasteiger partial charge in [-0.1, -0.05) is 13.8 Å². The van der Waals surface area contributed by atoms with E-state index in [1.54, 1.807) is 0 Å². The molecule has 3 nitrogen and oxygen atoms in total. The fraction of sp³-hybridized carbons (Fsp3) is 0.938. The van der Waals surface area contributed by atoms with E-state index < -0.39 is 0 Å². The lowest BCUT2D eigenvalue weighted by Gasteiger charge is -2.38. The van der Waals surface area contributed by atoms with E-state index in [1.807, 2.05) is 0 Å². The van der Waals surface area contributed by atoms with Crippen molar-refractivity contribution in [2.24, 2.45) is 23.2 Å². The van der Waals surface area contributed by atoms with Gasteiger partial charge in [-0.15, -0.1) is 0 Å². The summed E-state index contributed by atoms with van der Waals surface area (Å²) in [7, 11) is 0. The average molecular weight is 264 g/mol. The Balaban J connectivity index is 1.52. The van der Waals surface area contributed by atoms with Crippen LogP contribution in [0.25, 0.3) is 0 Å². The summed E-state index contributed by atoms with van der Waals surface area (Å²) in [6.45, 7) is 6.32. The maximum atomic E-state index is 12.4. The van der Waals surface area contributed by atoms with Crippen molar-refractivity contribution in [3.05, 3.63) is 0 Å². The topological polar surface area (TPSA) is 41.1 Å². The van der Waals surface area contributed by atoms with Gasteiger partial charge in [-0.3, -0.25) is 4.79 Å². The van der Waals surface area contributed by atoms with Crippen LogP contribution in [-0.4, -0.2) is 25.0 Å². The average Bonchev–Trinajstić information content (AvgIpc) is 3.22. The summed E-state index contributed by atoms with van der Waals surface area (Å²) in [5.41, 5.74) is 0.0942. The van der Waals surface area contributed by atoms with Crippen LogP contribution in [0.2, 0.25) is 0 Å². The van der Waals surface area contributed by atoms with E-state index in [9.17, 15) is 4.79 Å². The molecule has 1 heterocycles. The standard InChI is InChI=1S/C16H28N2O/c1-16(2)8-3-9-17-14(16)15(19)18-10-13(11-4-5-11)12-6-7-12/h11-14,17H,3-10H2,1-2H3,(H,18,19). The summed E-state index contributed by atoms with van der Waals surface area (Å²) in [6, 6.07) is 0.000283. The molecular formula is C16H28N2O. The van der Waals surface area contributed by atoms with E-state index in [-0.39, 0.29) is 17.4 Å². The Kier molecular flexibility index (Phi) is 3.59. The van der Waals surface area contributed by atoms with E-state index in [0.29, 0.717) is 0 Å². The first-order chi connectivity index (χ1) is 9.08. The molecule has 19 heavy (non-hydrogen) atoms. The van der Waals surface area contributed by atoms with Crippen LogP contribution in [-0.2, 0) is 4.79 Å². The molecule has 1 aliphatic heterocycles. The minimum absolute atomic E-state index is 0.000283. The van der Waals surface area contributed by atoms with Crippen LogP contribution in [0.5, 0.6) is 0 Å². The molecule has 0 aromatic rings. The van der Waals surface area contributed by atoms with Crippen LogP contribution in [0.15, 0.2) is 0 Å². The normalized spacial score (nSPS) is 30.4. The first-order valence-electron chi connectivity index (χ1n) is 8.09. The van der Waals surface area contributed by atoms with Crippen LogP contribution in [0.4, 0.5) is 0 Å². The van der Waals surface area contributed by atoms with Crippen molar-refractivity contribution >= 4 is 5.91 Å². The van der Waals surface area contributed by atoms with Gasteiger partial charge in [0.05, 0.1) is 6.04 Å². The third kappa shape index (κ3) is 3.13. The van der Waals surface area contributed by atoms with Crippen LogP contribution in [0.1, 0.15) is 52.4 Å². The minimum atomic E-state index is 0.000283. The minimum Gasteiger partial charge on any atom is -0.354 e. The highest BCUT2D eigenvalue weighted by Crippen LogP contribution is 2.48. The van der Waals surface area contributed by atoms with Gasteiger partial charge in [-0.2, -0.15) is 0 Å². The number of hydrogen-bond donors (Lipinski definition) is 2. The predicted molar refractivity (Wildman–Crippen MR) is 76.8 cm³/mol. The summed E-state index contributed by atoms with van der Waals surface area (Å²) < 4.78 is 0. The Bertz CT molecular complexity index is 333. The monoisotopic (exact) mass is 264 g/mol. The van der Waals surface area contributed by atoms with Crippen molar-refractivity contribution in [3.63, 3.8) is 0 Å². The molecule has 0 radical (unpaired) electrons.